The van der Waals surface area contributed by atoms with Crippen LogP contribution in [0.2, 0.25) is 0 Å². The normalized spacial score (nSPS) is 10.9. The highest BCUT2D eigenvalue weighted by molar-refractivity contribution is 7.98. The van der Waals surface area contributed by atoms with Crippen LogP contribution >= 0.6 is 11.8 Å². The van der Waals surface area contributed by atoms with E-state index in [1.165, 1.54) is 0 Å². The molecule has 0 atom stereocenters. The second kappa shape index (κ2) is 5.81. The van der Waals surface area contributed by atoms with Crippen LogP contribution in [0.1, 0.15) is 21.7 Å². The van der Waals surface area contributed by atoms with Gasteiger partial charge in [0, 0.05) is 16.3 Å². The second-order valence-corrected chi connectivity index (χ2v) is 5.83. The van der Waals surface area contributed by atoms with Crippen molar-refractivity contribution in [2.24, 2.45) is 0 Å². The van der Waals surface area contributed by atoms with Crippen LogP contribution < -0.4 is 5.32 Å². The number of nitrogens with one attached hydrogen (secondary N) is 1. The number of pyridine rings is 1. The minimum absolute atomic E-state index is 0.194. The fourth-order valence-electron chi connectivity index (χ4n) is 2.30. The third kappa shape index (κ3) is 2.69. The maximum absolute atomic E-state index is 12.6. The van der Waals surface area contributed by atoms with Gasteiger partial charge in [-0.2, -0.15) is 0 Å². The molecule has 3 rings (SSSR count). The predicted molar refractivity (Wildman–Crippen MR) is 87.5 cm³/mol. The molecule has 5 nitrogen and oxygen atoms in total. The number of carbonyl (C=O) groups is 1. The summed E-state index contributed by atoms with van der Waals surface area (Å²) in [6, 6.07) is 9.47. The summed E-state index contributed by atoms with van der Waals surface area (Å²) in [6.07, 6.45) is 2.00. The monoisotopic (exact) mass is 313 g/mol. The minimum atomic E-state index is -0.194. The summed E-state index contributed by atoms with van der Waals surface area (Å²) < 4.78 is 5.16. The molecule has 1 amide bonds. The summed E-state index contributed by atoms with van der Waals surface area (Å²) in [7, 11) is 0. The van der Waals surface area contributed by atoms with Crippen LogP contribution in [0.3, 0.4) is 0 Å². The molecule has 112 valence electrons. The third-order valence-corrected chi connectivity index (χ3v) is 4.04. The number of hydrogen-bond acceptors (Lipinski definition) is 5. The van der Waals surface area contributed by atoms with E-state index in [2.05, 4.69) is 15.5 Å². The summed E-state index contributed by atoms with van der Waals surface area (Å²) in [6.45, 7) is 3.62. The molecule has 0 spiro atoms. The van der Waals surface area contributed by atoms with Crippen LogP contribution in [0, 0.1) is 13.8 Å². The van der Waals surface area contributed by atoms with E-state index >= 15 is 0 Å². The number of aryl methyl sites for hydroxylation is 2. The number of hydrogen-bond donors (Lipinski definition) is 1. The topological polar surface area (TPSA) is 68.0 Å². The molecular formula is C16H15N3O2S. The molecule has 3 aromatic rings. The summed E-state index contributed by atoms with van der Waals surface area (Å²) in [5.41, 5.74) is 3.04. The zero-order valence-electron chi connectivity index (χ0n) is 12.5. The van der Waals surface area contributed by atoms with Crippen LogP contribution in [0.15, 0.2) is 39.8 Å². The molecule has 0 radical (unpaired) electrons. The first kappa shape index (κ1) is 14.6. The number of anilines is 1. The second-order valence-electron chi connectivity index (χ2n) is 4.95. The Bertz CT molecular complexity index is 858. The lowest BCUT2D eigenvalue weighted by Crippen LogP contribution is -2.13. The van der Waals surface area contributed by atoms with Gasteiger partial charge in [0.15, 0.2) is 0 Å². The van der Waals surface area contributed by atoms with Gasteiger partial charge in [0.05, 0.1) is 16.6 Å². The van der Waals surface area contributed by atoms with Crippen molar-refractivity contribution in [3.05, 3.63) is 47.3 Å². The lowest BCUT2D eigenvalue weighted by atomic mass is 10.1. The SMILES string of the molecule is CSc1cccc(NC(=O)c2cc(C)nc3onc(C)c23)c1. The van der Waals surface area contributed by atoms with E-state index < -0.39 is 0 Å². The molecule has 1 N–H and O–H groups in total. The van der Waals surface area contributed by atoms with Crippen molar-refractivity contribution in [3.8, 4) is 0 Å². The maximum Gasteiger partial charge on any atom is 0.258 e. The van der Waals surface area contributed by atoms with Crippen molar-refractivity contribution >= 4 is 34.5 Å². The van der Waals surface area contributed by atoms with Gasteiger partial charge in [-0.3, -0.25) is 4.79 Å². The van der Waals surface area contributed by atoms with Crippen LogP contribution in [-0.2, 0) is 0 Å². The molecule has 0 saturated heterocycles. The summed E-state index contributed by atoms with van der Waals surface area (Å²) >= 11 is 1.63. The molecule has 0 unspecified atom stereocenters. The van der Waals surface area contributed by atoms with E-state index in [0.717, 1.165) is 10.6 Å². The van der Waals surface area contributed by atoms with Crippen molar-refractivity contribution in [3.63, 3.8) is 0 Å². The molecule has 0 bridgehead atoms. The van der Waals surface area contributed by atoms with E-state index in [-0.39, 0.29) is 5.91 Å². The number of fused-ring (bicyclic) bond motifs is 1. The van der Waals surface area contributed by atoms with E-state index in [1.54, 1.807) is 24.8 Å². The molecule has 2 aromatic heterocycles. The Kier molecular flexibility index (Phi) is 3.85. The van der Waals surface area contributed by atoms with Crippen molar-refractivity contribution in [1.82, 2.24) is 10.1 Å². The van der Waals surface area contributed by atoms with E-state index in [0.29, 0.717) is 28.1 Å². The summed E-state index contributed by atoms with van der Waals surface area (Å²) in [5, 5.41) is 7.47. The number of amides is 1. The fraction of sp³-hybridized carbons (Fsp3) is 0.188. The molecule has 0 aliphatic carbocycles. The number of benzene rings is 1. The maximum atomic E-state index is 12.6. The van der Waals surface area contributed by atoms with Crippen LogP contribution in [0.25, 0.3) is 11.1 Å². The van der Waals surface area contributed by atoms with Crippen LogP contribution in [0.4, 0.5) is 5.69 Å². The zero-order valence-corrected chi connectivity index (χ0v) is 13.3. The average Bonchev–Trinajstić information content (AvgIpc) is 2.87. The van der Waals surface area contributed by atoms with Crippen LogP contribution in [-0.4, -0.2) is 22.3 Å². The predicted octanol–water partition coefficient (Wildman–Crippen LogP) is 3.81. The van der Waals surface area contributed by atoms with Crippen LogP contribution in [0.5, 0.6) is 0 Å². The number of thioether (sulfide) groups is 1. The molecule has 22 heavy (non-hydrogen) atoms. The van der Waals surface area contributed by atoms with Crippen molar-refractivity contribution in [2.45, 2.75) is 18.7 Å². The lowest BCUT2D eigenvalue weighted by molar-refractivity contribution is 0.102. The average molecular weight is 313 g/mol. The lowest BCUT2D eigenvalue weighted by Gasteiger charge is -2.08. The highest BCUT2D eigenvalue weighted by Crippen LogP contribution is 2.24. The first-order chi connectivity index (χ1) is 10.6. The molecule has 6 heteroatoms. The van der Waals surface area contributed by atoms with Gasteiger partial charge in [0.1, 0.15) is 0 Å². The Labute approximate surface area is 132 Å². The largest absolute Gasteiger partial charge is 0.336 e. The Hall–Kier alpha value is -2.34. The fourth-order valence-corrected chi connectivity index (χ4v) is 2.76. The van der Waals surface area contributed by atoms with Crippen molar-refractivity contribution in [2.75, 3.05) is 11.6 Å². The van der Waals surface area contributed by atoms with E-state index in [1.807, 2.05) is 37.4 Å². The van der Waals surface area contributed by atoms with Gasteiger partial charge in [0.2, 0.25) is 0 Å². The quantitative estimate of drug-likeness (QED) is 0.745. The van der Waals surface area contributed by atoms with Gasteiger partial charge >= 0.3 is 0 Å². The number of carbonyl (C=O) groups excluding carboxylic acids is 1. The van der Waals surface area contributed by atoms with E-state index in [4.69, 9.17) is 4.52 Å². The van der Waals surface area contributed by atoms with Gasteiger partial charge in [-0.25, -0.2) is 4.98 Å². The zero-order chi connectivity index (χ0) is 15.7. The first-order valence-electron chi connectivity index (χ1n) is 6.77. The summed E-state index contributed by atoms with van der Waals surface area (Å²) in [4.78, 5) is 18.0. The third-order valence-electron chi connectivity index (χ3n) is 3.32. The number of rotatable bonds is 3. The van der Waals surface area contributed by atoms with Gasteiger partial charge in [0.25, 0.3) is 11.6 Å². The number of nitrogens with zero attached hydrogens (tertiary/aromatic N) is 2. The van der Waals surface area contributed by atoms with Gasteiger partial charge in [-0.05, 0) is 44.4 Å². The molecule has 0 saturated carbocycles. The first-order valence-corrected chi connectivity index (χ1v) is 8.00. The van der Waals surface area contributed by atoms with Crippen molar-refractivity contribution < 1.29 is 9.32 Å². The minimum Gasteiger partial charge on any atom is -0.336 e. The Balaban J connectivity index is 2.00. The molecular weight excluding hydrogens is 298 g/mol. The summed E-state index contributed by atoms with van der Waals surface area (Å²) in [5.74, 6) is -0.194. The van der Waals surface area contributed by atoms with Crippen molar-refractivity contribution in [1.29, 1.82) is 0 Å². The van der Waals surface area contributed by atoms with Gasteiger partial charge in [-0.1, -0.05) is 11.2 Å². The highest BCUT2D eigenvalue weighted by atomic mass is 32.2. The molecule has 2 heterocycles. The molecule has 0 aliphatic rings. The Morgan fingerprint density at radius 1 is 1.27 bits per heavy atom. The Morgan fingerprint density at radius 2 is 2.09 bits per heavy atom. The highest BCUT2D eigenvalue weighted by Gasteiger charge is 2.17. The van der Waals surface area contributed by atoms with E-state index in [9.17, 15) is 4.79 Å². The number of aromatic nitrogens is 2. The van der Waals surface area contributed by atoms with Gasteiger partial charge in [-0.15, -0.1) is 11.8 Å². The molecule has 0 fully saturated rings. The van der Waals surface area contributed by atoms with Gasteiger partial charge < -0.3 is 9.84 Å². The molecule has 0 aliphatic heterocycles. The molecule has 1 aromatic carbocycles. The standard InChI is InChI=1S/C16H15N3O2S/c1-9-7-13(14-10(2)19-21-16(14)17-9)15(20)18-11-5-4-6-12(8-11)22-3/h4-8H,1-3H3,(H,18,20). The Morgan fingerprint density at radius 3 is 2.86 bits per heavy atom. The smallest absolute Gasteiger partial charge is 0.258 e.